The highest BCUT2D eigenvalue weighted by Gasteiger charge is 2.14. The van der Waals surface area contributed by atoms with Crippen molar-refractivity contribution in [2.24, 2.45) is 0 Å². The number of carbonyl (C=O) groups is 1. The van der Waals surface area contributed by atoms with Crippen LogP contribution in [0, 0.1) is 0 Å². The maximum Gasteiger partial charge on any atom is 0.260 e. The van der Waals surface area contributed by atoms with E-state index in [9.17, 15) is 4.79 Å². The number of hydrogen-bond donors (Lipinski definition) is 1. The highest BCUT2D eigenvalue weighted by Crippen LogP contribution is 2.17. The minimum Gasteiger partial charge on any atom is -0.481 e. The molecule has 0 saturated carbocycles. The molecule has 2 aromatic carbocycles. The fourth-order valence-corrected chi connectivity index (χ4v) is 2.34. The minimum atomic E-state index is -0.529. The quantitative estimate of drug-likeness (QED) is 0.804. The molecule has 2 rings (SSSR count). The molecular formula is C18H21BrN2O2. The SMILES string of the molecule is C[C@H](Oc1ccc(Br)cc1)C(=O)NCCN(C)c1ccccc1. The van der Waals surface area contributed by atoms with E-state index < -0.39 is 6.10 Å². The van der Waals surface area contributed by atoms with Crippen molar-refractivity contribution in [3.05, 3.63) is 59.1 Å². The van der Waals surface area contributed by atoms with Crippen molar-refractivity contribution < 1.29 is 9.53 Å². The number of para-hydroxylation sites is 1. The minimum absolute atomic E-state index is 0.116. The van der Waals surface area contributed by atoms with E-state index in [2.05, 4.69) is 26.1 Å². The number of rotatable bonds is 7. The van der Waals surface area contributed by atoms with Gasteiger partial charge >= 0.3 is 0 Å². The van der Waals surface area contributed by atoms with Gasteiger partial charge in [-0.2, -0.15) is 0 Å². The van der Waals surface area contributed by atoms with E-state index in [4.69, 9.17) is 4.74 Å². The number of amides is 1. The van der Waals surface area contributed by atoms with Crippen LogP contribution in [-0.2, 0) is 4.79 Å². The molecule has 0 aromatic heterocycles. The third kappa shape index (κ3) is 5.60. The van der Waals surface area contributed by atoms with Gasteiger partial charge in [0.05, 0.1) is 0 Å². The monoisotopic (exact) mass is 376 g/mol. The number of hydrogen-bond acceptors (Lipinski definition) is 3. The van der Waals surface area contributed by atoms with E-state index in [1.54, 1.807) is 6.92 Å². The largest absolute Gasteiger partial charge is 0.481 e. The Morgan fingerprint density at radius 1 is 1.17 bits per heavy atom. The summed E-state index contributed by atoms with van der Waals surface area (Å²) in [4.78, 5) is 14.2. The average Bonchev–Trinajstić information content (AvgIpc) is 2.57. The van der Waals surface area contributed by atoms with Crippen LogP contribution < -0.4 is 15.0 Å². The summed E-state index contributed by atoms with van der Waals surface area (Å²) in [5.74, 6) is 0.562. The van der Waals surface area contributed by atoms with Gasteiger partial charge in [-0.1, -0.05) is 34.1 Å². The molecule has 23 heavy (non-hydrogen) atoms. The first kappa shape index (κ1) is 17.3. The molecule has 1 atom stereocenters. The van der Waals surface area contributed by atoms with Gasteiger partial charge in [0.15, 0.2) is 6.10 Å². The normalized spacial score (nSPS) is 11.6. The van der Waals surface area contributed by atoms with Crippen molar-refractivity contribution in [3.63, 3.8) is 0 Å². The molecule has 0 radical (unpaired) electrons. The Morgan fingerprint density at radius 2 is 1.83 bits per heavy atom. The molecule has 0 saturated heterocycles. The molecule has 2 aromatic rings. The zero-order valence-corrected chi connectivity index (χ0v) is 14.9. The molecule has 4 nitrogen and oxygen atoms in total. The van der Waals surface area contributed by atoms with Crippen LogP contribution in [0.5, 0.6) is 5.75 Å². The summed E-state index contributed by atoms with van der Waals surface area (Å²) in [7, 11) is 2.00. The number of likely N-dealkylation sites (N-methyl/N-ethyl adjacent to an activating group) is 1. The lowest BCUT2D eigenvalue weighted by atomic mass is 10.3. The van der Waals surface area contributed by atoms with Gasteiger partial charge < -0.3 is 15.0 Å². The van der Waals surface area contributed by atoms with Crippen LogP contribution in [0.2, 0.25) is 0 Å². The molecular weight excluding hydrogens is 356 g/mol. The Kier molecular flexibility index (Phi) is 6.47. The molecule has 1 N–H and O–H groups in total. The number of benzene rings is 2. The van der Waals surface area contributed by atoms with E-state index in [1.165, 1.54) is 0 Å². The van der Waals surface area contributed by atoms with Crippen LogP contribution in [0.15, 0.2) is 59.1 Å². The van der Waals surface area contributed by atoms with Gasteiger partial charge in [-0.3, -0.25) is 4.79 Å². The van der Waals surface area contributed by atoms with Crippen LogP contribution in [0.25, 0.3) is 0 Å². The molecule has 0 unspecified atom stereocenters. The number of carbonyl (C=O) groups excluding carboxylic acids is 1. The Balaban J connectivity index is 1.74. The van der Waals surface area contributed by atoms with Crippen LogP contribution >= 0.6 is 15.9 Å². The lowest BCUT2D eigenvalue weighted by molar-refractivity contribution is -0.127. The Bertz CT molecular complexity index is 617. The third-order valence-electron chi connectivity index (χ3n) is 3.44. The third-order valence-corrected chi connectivity index (χ3v) is 3.97. The van der Waals surface area contributed by atoms with E-state index in [1.807, 2.05) is 61.6 Å². The van der Waals surface area contributed by atoms with Crippen molar-refractivity contribution in [2.75, 3.05) is 25.0 Å². The number of nitrogens with one attached hydrogen (secondary N) is 1. The summed E-state index contributed by atoms with van der Waals surface area (Å²) < 4.78 is 6.60. The average molecular weight is 377 g/mol. The lowest BCUT2D eigenvalue weighted by Gasteiger charge is -2.20. The summed E-state index contributed by atoms with van der Waals surface area (Å²) in [6.45, 7) is 3.05. The maximum atomic E-state index is 12.1. The van der Waals surface area contributed by atoms with Gasteiger partial charge in [-0.25, -0.2) is 0 Å². The van der Waals surface area contributed by atoms with Crippen LogP contribution in [0.3, 0.4) is 0 Å². The first-order valence-electron chi connectivity index (χ1n) is 7.52. The van der Waals surface area contributed by atoms with E-state index in [-0.39, 0.29) is 5.91 Å². The maximum absolute atomic E-state index is 12.1. The molecule has 0 aliphatic carbocycles. The van der Waals surface area contributed by atoms with E-state index in [0.29, 0.717) is 12.3 Å². The fraction of sp³-hybridized carbons (Fsp3) is 0.278. The highest BCUT2D eigenvalue weighted by molar-refractivity contribution is 9.10. The second-order valence-electron chi connectivity index (χ2n) is 5.26. The predicted molar refractivity (Wildman–Crippen MR) is 97.0 cm³/mol. The summed E-state index contributed by atoms with van der Waals surface area (Å²) >= 11 is 3.37. The Hall–Kier alpha value is -2.01. The van der Waals surface area contributed by atoms with Gasteiger partial charge in [0.25, 0.3) is 5.91 Å². The second-order valence-corrected chi connectivity index (χ2v) is 6.18. The predicted octanol–water partition coefficient (Wildman–Crippen LogP) is 3.47. The van der Waals surface area contributed by atoms with Gasteiger partial charge in [-0.15, -0.1) is 0 Å². The van der Waals surface area contributed by atoms with Crippen LogP contribution in [0.4, 0.5) is 5.69 Å². The van der Waals surface area contributed by atoms with Gasteiger partial charge in [0.1, 0.15) is 5.75 Å². The zero-order chi connectivity index (χ0) is 16.7. The Labute approximate surface area is 145 Å². The number of halogens is 1. The second kappa shape index (κ2) is 8.58. The summed E-state index contributed by atoms with van der Waals surface area (Å²) in [5, 5.41) is 2.90. The molecule has 0 heterocycles. The number of ether oxygens (including phenoxy) is 1. The van der Waals surface area contributed by atoms with Gasteiger partial charge in [0, 0.05) is 30.3 Å². The molecule has 0 aliphatic heterocycles. The van der Waals surface area contributed by atoms with Gasteiger partial charge in [0.2, 0.25) is 0 Å². The smallest absolute Gasteiger partial charge is 0.260 e. The van der Waals surface area contributed by atoms with Gasteiger partial charge in [-0.05, 0) is 43.3 Å². The van der Waals surface area contributed by atoms with Crippen molar-refractivity contribution in [2.45, 2.75) is 13.0 Å². The highest BCUT2D eigenvalue weighted by atomic mass is 79.9. The summed E-state index contributed by atoms with van der Waals surface area (Å²) in [5.41, 5.74) is 1.13. The standard InChI is InChI=1S/C18H21BrN2O2/c1-14(23-17-10-8-15(19)9-11-17)18(22)20-12-13-21(2)16-6-4-3-5-7-16/h3-11,14H,12-13H2,1-2H3,(H,20,22)/t14-/m0/s1. The van der Waals surface area contributed by atoms with E-state index >= 15 is 0 Å². The molecule has 0 bridgehead atoms. The molecule has 122 valence electrons. The molecule has 0 aliphatic rings. The molecule has 0 spiro atoms. The van der Waals surface area contributed by atoms with Crippen LogP contribution in [0.1, 0.15) is 6.92 Å². The number of nitrogens with zero attached hydrogens (tertiary/aromatic N) is 1. The van der Waals surface area contributed by atoms with Crippen molar-refractivity contribution in [1.29, 1.82) is 0 Å². The molecule has 1 amide bonds. The first-order chi connectivity index (χ1) is 11.1. The summed E-state index contributed by atoms with van der Waals surface area (Å²) in [6, 6.07) is 17.5. The zero-order valence-electron chi connectivity index (χ0n) is 13.3. The summed E-state index contributed by atoms with van der Waals surface area (Å²) in [6.07, 6.45) is -0.529. The molecule has 0 fully saturated rings. The van der Waals surface area contributed by atoms with Crippen molar-refractivity contribution in [3.8, 4) is 5.75 Å². The number of anilines is 1. The van der Waals surface area contributed by atoms with Crippen LogP contribution in [-0.4, -0.2) is 32.1 Å². The Morgan fingerprint density at radius 3 is 2.48 bits per heavy atom. The molecule has 5 heteroatoms. The van der Waals surface area contributed by atoms with E-state index in [0.717, 1.165) is 16.7 Å². The fourth-order valence-electron chi connectivity index (χ4n) is 2.07. The lowest BCUT2D eigenvalue weighted by Crippen LogP contribution is -2.40. The van der Waals surface area contributed by atoms with Crippen molar-refractivity contribution in [1.82, 2.24) is 5.32 Å². The topological polar surface area (TPSA) is 41.6 Å². The first-order valence-corrected chi connectivity index (χ1v) is 8.31. The van der Waals surface area contributed by atoms with Crippen molar-refractivity contribution >= 4 is 27.5 Å².